The Labute approximate surface area is 122 Å². The maximum absolute atomic E-state index is 11.7. The molecule has 8 heteroatoms. The summed E-state index contributed by atoms with van der Waals surface area (Å²) in [5.41, 5.74) is 0.686. The lowest BCUT2D eigenvalue weighted by atomic mass is 10.2. The van der Waals surface area contributed by atoms with Crippen molar-refractivity contribution in [3.8, 4) is 0 Å². The number of cyclic esters (lactones) is 1. The van der Waals surface area contributed by atoms with E-state index in [-0.39, 0.29) is 12.7 Å². The Balaban J connectivity index is 1.92. The number of amides is 1. The first kappa shape index (κ1) is 15.1. The van der Waals surface area contributed by atoms with Crippen molar-refractivity contribution in [1.82, 2.24) is 0 Å². The van der Waals surface area contributed by atoms with E-state index in [4.69, 9.17) is 16.3 Å². The zero-order valence-electron chi connectivity index (χ0n) is 10.8. The van der Waals surface area contributed by atoms with E-state index in [1.165, 1.54) is 4.90 Å². The minimum atomic E-state index is -3.47. The monoisotopic (exact) mass is 319 g/mol. The highest BCUT2D eigenvalue weighted by molar-refractivity contribution is 7.85. The van der Waals surface area contributed by atoms with Crippen LogP contribution in [0.25, 0.3) is 0 Å². The van der Waals surface area contributed by atoms with Crippen molar-refractivity contribution in [2.75, 3.05) is 24.3 Å². The topological polar surface area (TPSA) is 72.9 Å². The van der Waals surface area contributed by atoms with Crippen LogP contribution in [0.2, 0.25) is 5.02 Å². The summed E-state index contributed by atoms with van der Waals surface area (Å²) in [6.07, 6.45) is 0.452. The minimum Gasteiger partial charge on any atom is -0.444 e. The number of ether oxygens (including phenoxy) is 1. The Hall–Kier alpha value is -1.31. The van der Waals surface area contributed by atoms with Gasteiger partial charge < -0.3 is 4.74 Å². The Bertz CT molecular complexity index is 586. The molecule has 0 aliphatic carbocycles. The van der Waals surface area contributed by atoms with E-state index in [9.17, 15) is 13.2 Å². The van der Waals surface area contributed by atoms with Crippen LogP contribution < -0.4 is 4.90 Å². The summed E-state index contributed by atoms with van der Waals surface area (Å²) in [6.45, 7) is 0.346. The molecule has 1 aromatic rings. The van der Waals surface area contributed by atoms with Gasteiger partial charge in [0.15, 0.2) is 0 Å². The number of nitrogens with zero attached hydrogens (tertiary/aromatic N) is 1. The molecule has 1 fully saturated rings. The number of anilines is 1. The summed E-state index contributed by atoms with van der Waals surface area (Å²) in [4.78, 5) is 13.2. The maximum Gasteiger partial charge on any atom is 0.414 e. The fourth-order valence-electron chi connectivity index (χ4n) is 1.83. The molecule has 1 amide bonds. The van der Waals surface area contributed by atoms with Crippen LogP contribution in [0.4, 0.5) is 10.5 Å². The van der Waals surface area contributed by atoms with Crippen molar-refractivity contribution >= 4 is 33.5 Å². The molecule has 0 spiro atoms. The van der Waals surface area contributed by atoms with Crippen LogP contribution in [-0.4, -0.2) is 40.0 Å². The molecule has 1 atom stereocenters. The smallest absolute Gasteiger partial charge is 0.414 e. The molecular weight excluding hydrogens is 306 g/mol. The predicted octanol–water partition coefficient (Wildman–Crippen LogP) is 2.03. The Morgan fingerprint density at radius 3 is 2.65 bits per heavy atom. The average Bonchev–Trinajstić information content (AvgIpc) is 2.70. The van der Waals surface area contributed by atoms with Crippen molar-refractivity contribution < 1.29 is 22.1 Å². The molecular formula is C12H14ClNO5S. The van der Waals surface area contributed by atoms with Gasteiger partial charge in [-0.1, -0.05) is 11.6 Å². The number of benzene rings is 1. The molecule has 0 aromatic heterocycles. The van der Waals surface area contributed by atoms with E-state index in [2.05, 4.69) is 4.18 Å². The van der Waals surface area contributed by atoms with Gasteiger partial charge in [0.1, 0.15) is 6.10 Å². The van der Waals surface area contributed by atoms with Gasteiger partial charge in [0, 0.05) is 17.1 Å². The van der Waals surface area contributed by atoms with Gasteiger partial charge in [0.2, 0.25) is 0 Å². The normalized spacial score (nSPS) is 19.2. The third kappa shape index (κ3) is 4.09. The third-order valence-corrected chi connectivity index (χ3v) is 3.60. The number of halogens is 1. The molecule has 1 unspecified atom stereocenters. The first-order valence-corrected chi connectivity index (χ1v) is 8.13. The molecule has 0 N–H and O–H groups in total. The summed E-state index contributed by atoms with van der Waals surface area (Å²) in [6, 6.07) is 6.81. The lowest BCUT2D eigenvalue weighted by Gasteiger charge is -2.12. The van der Waals surface area contributed by atoms with E-state index in [0.29, 0.717) is 23.7 Å². The fourth-order valence-corrected chi connectivity index (χ4v) is 2.36. The van der Waals surface area contributed by atoms with Crippen LogP contribution >= 0.6 is 11.6 Å². The fraction of sp³-hybridized carbons (Fsp3) is 0.417. The zero-order chi connectivity index (χ0) is 14.8. The second-order valence-corrected chi connectivity index (χ2v) is 6.49. The third-order valence-electron chi connectivity index (χ3n) is 2.75. The molecule has 2 rings (SSSR count). The Morgan fingerprint density at radius 1 is 1.40 bits per heavy atom. The summed E-state index contributed by atoms with van der Waals surface area (Å²) in [7, 11) is -3.47. The standard InChI is InChI=1S/C12H14ClNO5S/c1-20(16,17)18-7-6-11-8-14(12(15)19-11)10-4-2-9(13)3-5-10/h2-5,11H,6-8H2,1H3. The lowest BCUT2D eigenvalue weighted by molar-refractivity contribution is 0.126. The van der Waals surface area contributed by atoms with Crippen LogP contribution in [0.1, 0.15) is 6.42 Å². The van der Waals surface area contributed by atoms with Gasteiger partial charge >= 0.3 is 6.09 Å². The average molecular weight is 320 g/mol. The van der Waals surface area contributed by atoms with Gasteiger partial charge in [-0.2, -0.15) is 8.42 Å². The first-order chi connectivity index (χ1) is 9.35. The molecule has 1 aromatic carbocycles. The van der Waals surface area contributed by atoms with Gasteiger partial charge in [-0.05, 0) is 24.3 Å². The van der Waals surface area contributed by atoms with Gasteiger partial charge in [0.05, 0.1) is 19.4 Å². The number of carbonyl (C=O) groups is 1. The molecule has 1 aliphatic heterocycles. The SMILES string of the molecule is CS(=O)(=O)OCCC1CN(c2ccc(Cl)cc2)C(=O)O1. The molecule has 1 heterocycles. The summed E-state index contributed by atoms with van der Waals surface area (Å²) in [5, 5.41) is 0.583. The molecule has 0 radical (unpaired) electrons. The minimum absolute atomic E-state index is 0.00869. The van der Waals surface area contributed by atoms with Crippen LogP contribution in [-0.2, 0) is 19.0 Å². The van der Waals surface area contributed by atoms with E-state index in [1.54, 1.807) is 24.3 Å². The summed E-state index contributed by atoms with van der Waals surface area (Å²) < 4.78 is 31.4. The molecule has 110 valence electrons. The van der Waals surface area contributed by atoms with Crippen molar-refractivity contribution in [2.45, 2.75) is 12.5 Å². The molecule has 20 heavy (non-hydrogen) atoms. The van der Waals surface area contributed by atoms with Crippen LogP contribution in [0, 0.1) is 0 Å². The highest BCUT2D eigenvalue weighted by Crippen LogP contribution is 2.24. The van der Waals surface area contributed by atoms with Crippen molar-refractivity contribution in [3.63, 3.8) is 0 Å². The van der Waals surface area contributed by atoms with Crippen LogP contribution in [0.3, 0.4) is 0 Å². The number of carbonyl (C=O) groups excluding carboxylic acids is 1. The summed E-state index contributed by atoms with van der Waals surface area (Å²) >= 11 is 5.79. The molecule has 0 saturated carbocycles. The second-order valence-electron chi connectivity index (χ2n) is 4.41. The van der Waals surface area contributed by atoms with Crippen LogP contribution in [0.15, 0.2) is 24.3 Å². The number of rotatable bonds is 5. The van der Waals surface area contributed by atoms with Crippen molar-refractivity contribution in [2.24, 2.45) is 0 Å². The number of hydrogen-bond acceptors (Lipinski definition) is 5. The van der Waals surface area contributed by atoms with E-state index < -0.39 is 16.2 Å². The largest absolute Gasteiger partial charge is 0.444 e. The van der Waals surface area contributed by atoms with Gasteiger partial charge in [-0.25, -0.2) is 4.79 Å². The molecule has 1 aliphatic rings. The van der Waals surface area contributed by atoms with E-state index in [1.807, 2.05) is 0 Å². The maximum atomic E-state index is 11.7. The highest BCUT2D eigenvalue weighted by Gasteiger charge is 2.32. The quantitative estimate of drug-likeness (QED) is 0.776. The van der Waals surface area contributed by atoms with Gasteiger partial charge in [-0.3, -0.25) is 9.08 Å². The number of hydrogen-bond donors (Lipinski definition) is 0. The van der Waals surface area contributed by atoms with Gasteiger partial charge in [-0.15, -0.1) is 0 Å². The second kappa shape index (κ2) is 5.99. The van der Waals surface area contributed by atoms with E-state index >= 15 is 0 Å². The van der Waals surface area contributed by atoms with Crippen molar-refractivity contribution in [3.05, 3.63) is 29.3 Å². The zero-order valence-corrected chi connectivity index (χ0v) is 12.4. The van der Waals surface area contributed by atoms with Gasteiger partial charge in [0.25, 0.3) is 10.1 Å². The summed E-state index contributed by atoms with van der Waals surface area (Å²) in [5.74, 6) is 0. The molecule has 6 nitrogen and oxygen atoms in total. The Kier molecular flexibility index (Phi) is 4.52. The highest BCUT2D eigenvalue weighted by atomic mass is 35.5. The first-order valence-electron chi connectivity index (χ1n) is 5.93. The van der Waals surface area contributed by atoms with Crippen molar-refractivity contribution in [1.29, 1.82) is 0 Å². The lowest BCUT2D eigenvalue weighted by Crippen LogP contribution is -2.24. The molecule has 0 bridgehead atoms. The Morgan fingerprint density at radius 2 is 2.05 bits per heavy atom. The van der Waals surface area contributed by atoms with Crippen LogP contribution in [0.5, 0.6) is 0 Å². The predicted molar refractivity (Wildman–Crippen MR) is 74.5 cm³/mol. The molecule has 1 saturated heterocycles. The van der Waals surface area contributed by atoms with E-state index in [0.717, 1.165) is 6.26 Å².